The Balaban J connectivity index is 1.57. The molecule has 0 aliphatic carbocycles. The summed E-state index contributed by atoms with van der Waals surface area (Å²) in [5, 5.41) is 11.1. The Hall–Kier alpha value is -2.65. The molecule has 1 aromatic carbocycles. The van der Waals surface area contributed by atoms with Crippen molar-refractivity contribution in [2.24, 2.45) is 0 Å². The van der Waals surface area contributed by atoms with Crippen LogP contribution in [0.3, 0.4) is 0 Å². The Morgan fingerprint density at radius 3 is 2.62 bits per heavy atom. The number of benzene rings is 1. The number of anilines is 1. The van der Waals surface area contributed by atoms with Gasteiger partial charge in [-0.2, -0.15) is 0 Å². The maximum absolute atomic E-state index is 12.5. The van der Waals surface area contributed by atoms with Gasteiger partial charge in [0.25, 0.3) is 5.91 Å². The maximum Gasteiger partial charge on any atom is 0.317 e. The maximum atomic E-state index is 12.5. The van der Waals surface area contributed by atoms with E-state index >= 15 is 0 Å². The summed E-state index contributed by atoms with van der Waals surface area (Å²) >= 11 is 2.84. The molecule has 0 fully saturated rings. The van der Waals surface area contributed by atoms with Gasteiger partial charge in [-0.1, -0.05) is 36.0 Å². The molecule has 1 amide bonds. The molecule has 0 N–H and O–H groups in total. The SMILES string of the molecule is CCn1c(SCC(=O)OC(C)C(=O)N(C)c2ccccc2)nnc1-c1cccs1. The summed E-state index contributed by atoms with van der Waals surface area (Å²) in [5.41, 5.74) is 0.743. The van der Waals surface area contributed by atoms with Crippen LogP contribution in [-0.2, 0) is 20.9 Å². The lowest BCUT2D eigenvalue weighted by Gasteiger charge is -2.21. The fourth-order valence-corrected chi connectivity index (χ4v) is 4.23. The van der Waals surface area contributed by atoms with Crippen LogP contribution in [0.5, 0.6) is 0 Å². The number of carbonyl (C=O) groups is 2. The minimum atomic E-state index is -0.876. The molecule has 3 rings (SSSR count). The molecular weight excluding hydrogens is 408 g/mol. The lowest BCUT2D eigenvalue weighted by molar-refractivity contribution is -0.151. The lowest BCUT2D eigenvalue weighted by atomic mass is 10.2. The summed E-state index contributed by atoms with van der Waals surface area (Å²) in [5.74, 6) is 0.0770. The highest BCUT2D eigenvalue weighted by molar-refractivity contribution is 7.99. The van der Waals surface area contributed by atoms with Gasteiger partial charge in [0.05, 0.1) is 10.6 Å². The van der Waals surface area contributed by atoms with Crippen molar-refractivity contribution in [2.75, 3.05) is 17.7 Å². The van der Waals surface area contributed by atoms with E-state index < -0.39 is 12.1 Å². The summed E-state index contributed by atoms with van der Waals surface area (Å²) in [7, 11) is 1.66. The summed E-state index contributed by atoms with van der Waals surface area (Å²) in [6.07, 6.45) is -0.876. The van der Waals surface area contributed by atoms with E-state index in [1.54, 1.807) is 25.3 Å². The van der Waals surface area contributed by atoms with Crippen molar-refractivity contribution in [3.63, 3.8) is 0 Å². The van der Waals surface area contributed by atoms with Crippen LogP contribution in [-0.4, -0.2) is 45.5 Å². The van der Waals surface area contributed by atoms with Gasteiger partial charge >= 0.3 is 5.97 Å². The quantitative estimate of drug-likeness (QED) is 0.400. The Morgan fingerprint density at radius 2 is 1.97 bits per heavy atom. The zero-order valence-corrected chi connectivity index (χ0v) is 18.1. The first kappa shape index (κ1) is 21.1. The molecule has 0 spiro atoms. The van der Waals surface area contributed by atoms with E-state index in [0.717, 1.165) is 16.4 Å². The molecule has 0 saturated carbocycles. The third-order valence-corrected chi connectivity index (χ3v) is 6.03. The van der Waals surface area contributed by atoms with Gasteiger partial charge in [0.2, 0.25) is 0 Å². The summed E-state index contributed by atoms with van der Waals surface area (Å²) in [4.78, 5) is 27.3. The van der Waals surface area contributed by atoms with Crippen LogP contribution in [0.15, 0.2) is 53.0 Å². The van der Waals surface area contributed by atoms with Crippen molar-refractivity contribution in [1.82, 2.24) is 14.8 Å². The van der Waals surface area contributed by atoms with Crippen LogP contribution in [0, 0.1) is 0 Å². The van der Waals surface area contributed by atoms with Gasteiger partial charge in [0, 0.05) is 19.3 Å². The smallest absolute Gasteiger partial charge is 0.317 e. The van der Waals surface area contributed by atoms with E-state index in [0.29, 0.717) is 11.7 Å². The van der Waals surface area contributed by atoms with Crippen LogP contribution in [0.2, 0.25) is 0 Å². The number of carbonyl (C=O) groups excluding carboxylic acids is 2. The third kappa shape index (κ3) is 5.04. The standard InChI is InChI=1S/C20H22N4O3S2/c1-4-24-18(16-11-8-12-28-16)21-22-20(24)29-13-17(25)27-14(2)19(26)23(3)15-9-6-5-7-10-15/h5-12,14H,4,13H2,1-3H3. The highest BCUT2D eigenvalue weighted by Gasteiger charge is 2.23. The number of esters is 1. The number of thioether (sulfide) groups is 1. The number of hydrogen-bond donors (Lipinski definition) is 0. The third-order valence-electron chi connectivity index (χ3n) is 4.22. The normalized spacial score (nSPS) is 11.8. The Bertz CT molecular complexity index is 958. The topological polar surface area (TPSA) is 77.3 Å². The lowest BCUT2D eigenvalue weighted by Crippen LogP contribution is -2.37. The molecule has 0 aliphatic heterocycles. The highest BCUT2D eigenvalue weighted by Crippen LogP contribution is 2.27. The van der Waals surface area contributed by atoms with Crippen molar-refractivity contribution in [3.05, 3.63) is 47.8 Å². The molecular formula is C20H22N4O3S2. The summed E-state index contributed by atoms with van der Waals surface area (Å²) in [6, 6.07) is 13.2. The zero-order chi connectivity index (χ0) is 20.8. The second kappa shape index (κ2) is 9.71. The molecule has 152 valence electrons. The van der Waals surface area contributed by atoms with Gasteiger partial charge in [-0.3, -0.25) is 9.59 Å². The predicted octanol–water partition coefficient (Wildman–Crippen LogP) is 3.71. The minimum absolute atomic E-state index is 0.0508. The van der Waals surface area contributed by atoms with E-state index in [4.69, 9.17) is 4.74 Å². The van der Waals surface area contributed by atoms with E-state index in [1.807, 2.05) is 59.3 Å². The average molecular weight is 431 g/mol. The first-order valence-corrected chi connectivity index (χ1v) is 11.0. The average Bonchev–Trinajstić information content (AvgIpc) is 3.40. The number of rotatable bonds is 8. The van der Waals surface area contributed by atoms with Gasteiger partial charge in [-0.05, 0) is 37.4 Å². The predicted molar refractivity (Wildman–Crippen MR) is 115 cm³/mol. The monoisotopic (exact) mass is 430 g/mol. The zero-order valence-electron chi connectivity index (χ0n) is 16.4. The highest BCUT2D eigenvalue weighted by atomic mass is 32.2. The molecule has 7 nitrogen and oxygen atoms in total. The van der Waals surface area contributed by atoms with Crippen LogP contribution in [0.1, 0.15) is 13.8 Å². The Labute approximate surface area is 177 Å². The molecule has 3 aromatic rings. The molecule has 9 heteroatoms. The number of para-hydroxylation sites is 1. The number of amides is 1. The van der Waals surface area contributed by atoms with Gasteiger partial charge in [-0.25, -0.2) is 0 Å². The Morgan fingerprint density at radius 1 is 1.21 bits per heavy atom. The van der Waals surface area contributed by atoms with E-state index in [9.17, 15) is 9.59 Å². The van der Waals surface area contributed by atoms with Crippen molar-refractivity contribution < 1.29 is 14.3 Å². The molecule has 1 unspecified atom stereocenters. The fraction of sp³-hybridized carbons (Fsp3) is 0.300. The number of hydrogen-bond acceptors (Lipinski definition) is 7. The van der Waals surface area contributed by atoms with Crippen LogP contribution < -0.4 is 4.90 Å². The van der Waals surface area contributed by atoms with Crippen LogP contribution in [0.25, 0.3) is 10.7 Å². The van der Waals surface area contributed by atoms with Gasteiger partial charge in [0.1, 0.15) is 0 Å². The van der Waals surface area contributed by atoms with Crippen molar-refractivity contribution in [1.29, 1.82) is 0 Å². The molecule has 0 bridgehead atoms. The number of ether oxygens (including phenoxy) is 1. The molecule has 0 aliphatic rings. The molecule has 1 atom stereocenters. The number of aromatic nitrogens is 3. The van der Waals surface area contributed by atoms with Crippen molar-refractivity contribution >= 4 is 40.7 Å². The van der Waals surface area contributed by atoms with Gasteiger partial charge in [0.15, 0.2) is 17.1 Å². The second-order valence-corrected chi connectivity index (χ2v) is 8.07. The van der Waals surface area contributed by atoms with Crippen LogP contribution in [0.4, 0.5) is 5.69 Å². The number of nitrogens with zero attached hydrogens (tertiary/aromatic N) is 4. The van der Waals surface area contributed by atoms with Crippen LogP contribution >= 0.6 is 23.1 Å². The molecule has 29 heavy (non-hydrogen) atoms. The first-order chi connectivity index (χ1) is 14.0. The number of thiophene rings is 1. The number of likely N-dealkylation sites (N-methyl/N-ethyl adjacent to an activating group) is 1. The van der Waals surface area contributed by atoms with E-state index in [2.05, 4.69) is 10.2 Å². The van der Waals surface area contributed by atoms with Gasteiger partial charge < -0.3 is 14.2 Å². The van der Waals surface area contributed by atoms with E-state index in [1.165, 1.54) is 16.7 Å². The second-order valence-electron chi connectivity index (χ2n) is 6.18. The molecule has 2 aromatic heterocycles. The minimum Gasteiger partial charge on any atom is -0.452 e. The fourth-order valence-electron chi connectivity index (χ4n) is 2.73. The van der Waals surface area contributed by atoms with Crippen molar-refractivity contribution in [3.8, 4) is 10.7 Å². The first-order valence-electron chi connectivity index (χ1n) is 9.13. The largest absolute Gasteiger partial charge is 0.452 e. The van der Waals surface area contributed by atoms with E-state index in [-0.39, 0.29) is 11.7 Å². The molecule has 2 heterocycles. The van der Waals surface area contributed by atoms with Crippen molar-refractivity contribution in [2.45, 2.75) is 31.7 Å². The molecule has 0 saturated heterocycles. The summed E-state index contributed by atoms with van der Waals surface area (Å²) in [6.45, 7) is 4.27. The van der Waals surface area contributed by atoms with Gasteiger partial charge in [-0.15, -0.1) is 21.5 Å². The molecule has 0 radical (unpaired) electrons. The summed E-state index contributed by atoms with van der Waals surface area (Å²) < 4.78 is 7.28. The Kier molecular flexibility index (Phi) is 7.05.